The molecule has 0 aliphatic heterocycles. The highest BCUT2D eigenvalue weighted by atomic mass is 35.5. The van der Waals surface area contributed by atoms with Crippen LogP contribution in [-0.2, 0) is 6.54 Å². The van der Waals surface area contributed by atoms with Crippen LogP contribution in [0.3, 0.4) is 0 Å². The molecule has 2 aromatic heterocycles. The molecule has 0 aromatic carbocycles. The minimum absolute atomic E-state index is 0.497. The molecule has 0 amide bonds. The average molecular weight is 274 g/mol. The van der Waals surface area contributed by atoms with Gasteiger partial charge in [0.25, 0.3) is 0 Å². The van der Waals surface area contributed by atoms with Gasteiger partial charge in [-0.15, -0.1) is 0 Å². The fraction of sp³-hybridized carbons (Fsp3) is 0.200. The molecule has 0 saturated carbocycles. The molecule has 0 radical (unpaired) electrons. The second-order valence-corrected chi connectivity index (χ2v) is 4.77. The third-order valence-electron chi connectivity index (χ3n) is 3.19. The maximum absolute atomic E-state index is 6.15. The Morgan fingerprint density at radius 2 is 2.16 bits per heavy atom. The largest absolute Gasteiger partial charge is 0.325 e. The highest BCUT2D eigenvalue weighted by Crippen LogP contribution is 2.28. The maximum atomic E-state index is 6.15. The summed E-state index contributed by atoms with van der Waals surface area (Å²) < 4.78 is 2.11. The quantitative estimate of drug-likeness (QED) is 0.623. The summed E-state index contributed by atoms with van der Waals surface area (Å²) in [6.45, 7) is 12.4. The first kappa shape index (κ1) is 13.6. The van der Waals surface area contributed by atoms with Gasteiger partial charge in [0.2, 0.25) is 0 Å². The van der Waals surface area contributed by atoms with E-state index >= 15 is 0 Å². The predicted molar refractivity (Wildman–Crippen MR) is 80.5 cm³/mol. The van der Waals surface area contributed by atoms with Crippen LogP contribution in [0.1, 0.15) is 11.3 Å². The monoisotopic (exact) mass is 273 g/mol. The molecule has 0 fully saturated rings. The SMILES string of the molecule is C=C/C=C\C(=C)Cn1c(C)c(C)c2c(Cl)ncnc21. The fourth-order valence-electron chi connectivity index (χ4n) is 2.08. The number of aryl methyl sites for hydroxylation is 1. The summed E-state index contributed by atoms with van der Waals surface area (Å²) in [5, 5.41) is 1.42. The van der Waals surface area contributed by atoms with Gasteiger partial charge >= 0.3 is 0 Å². The predicted octanol–water partition coefficient (Wildman–Crippen LogP) is 4.00. The Morgan fingerprint density at radius 3 is 2.84 bits per heavy atom. The van der Waals surface area contributed by atoms with E-state index in [0.29, 0.717) is 11.7 Å². The maximum Gasteiger partial charge on any atom is 0.145 e. The number of nitrogens with zero attached hydrogens (tertiary/aromatic N) is 3. The fourth-order valence-corrected chi connectivity index (χ4v) is 2.35. The zero-order valence-corrected chi connectivity index (χ0v) is 11.9. The van der Waals surface area contributed by atoms with Crippen molar-refractivity contribution in [3.63, 3.8) is 0 Å². The molecule has 98 valence electrons. The van der Waals surface area contributed by atoms with Crippen LogP contribution in [-0.4, -0.2) is 14.5 Å². The number of rotatable bonds is 4. The van der Waals surface area contributed by atoms with Gasteiger partial charge in [0.1, 0.15) is 17.1 Å². The van der Waals surface area contributed by atoms with Crippen LogP contribution in [0, 0.1) is 13.8 Å². The number of hydrogen-bond acceptors (Lipinski definition) is 2. The van der Waals surface area contributed by atoms with Gasteiger partial charge < -0.3 is 4.57 Å². The second-order valence-electron chi connectivity index (χ2n) is 4.41. The average Bonchev–Trinajstić information content (AvgIpc) is 2.63. The number of allylic oxidation sites excluding steroid dienone is 4. The van der Waals surface area contributed by atoms with Gasteiger partial charge in [0, 0.05) is 12.2 Å². The van der Waals surface area contributed by atoms with Gasteiger partial charge in [-0.3, -0.25) is 0 Å². The molecule has 2 rings (SSSR count). The van der Waals surface area contributed by atoms with Crippen molar-refractivity contribution >= 4 is 22.6 Å². The first-order valence-electron chi connectivity index (χ1n) is 5.99. The van der Waals surface area contributed by atoms with Crippen LogP contribution >= 0.6 is 11.6 Å². The zero-order valence-electron chi connectivity index (χ0n) is 11.2. The third kappa shape index (κ3) is 2.47. The van der Waals surface area contributed by atoms with E-state index in [1.165, 1.54) is 6.33 Å². The lowest BCUT2D eigenvalue weighted by molar-refractivity contribution is 0.791. The Bertz CT molecular complexity index is 680. The van der Waals surface area contributed by atoms with E-state index in [-0.39, 0.29) is 0 Å². The summed E-state index contributed by atoms with van der Waals surface area (Å²) in [6, 6.07) is 0. The first-order chi connectivity index (χ1) is 9.06. The van der Waals surface area contributed by atoms with Crippen LogP contribution in [0.25, 0.3) is 11.0 Å². The van der Waals surface area contributed by atoms with Gasteiger partial charge in [0.15, 0.2) is 0 Å². The van der Waals surface area contributed by atoms with Crippen molar-refractivity contribution in [1.82, 2.24) is 14.5 Å². The third-order valence-corrected chi connectivity index (χ3v) is 3.48. The molecule has 0 aliphatic carbocycles. The molecule has 3 nitrogen and oxygen atoms in total. The smallest absolute Gasteiger partial charge is 0.145 e. The molecule has 0 spiro atoms. The lowest BCUT2D eigenvalue weighted by atomic mass is 10.2. The Hall–Kier alpha value is -1.87. The Balaban J connectivity index is 2.52. The van der Waals surface area contributed by atoms with Crippen LogP contribution in [0.4, 0.5) is 0 Å². The molecule has 4 heteroatoms. The summed E-state index contributed by atoms with van der Waals surface area (Å²) >= 11 is 6.15. The van der Waals surface area contributed by atoms with Crippen molar-refractivity contribution < 1.29 is 0 Å². The molecule has 0 unspecified atom stereocenters. The van der Waals surface area contributed by atoms with E-state index in [2.05, 4.69) is 34.6 Å². The van der Waals surface area contributed by atoms with E-state index in [9.17, 15) is 0 Å². The van der Waals surface area contributed by atoms with Gasteiger partial charge in [-0.2, -0.15) is 0 Å². The standard InChI is InChI=1S/C15H16ClN3/c1-5-6-7-10(2)8-19-12(4)11(3)13-14(16)17-9-18-15(13)19/h5-7,9H,1-2,8H2,3-4H3/b7-6-. The van der Waals surface area contributed by atoms with E-state index in [1.54, 1.807) is 6.08 Å². The first-order valence-corrected chi connectivity index (χ1v) is 6.36. The molecule has 0 saturated heterocycles. The number of hydrogen-bond donors (Lipinski definition) is 0. The van der Waals surface area contributed by atoms with Crippen LogP contribution in [0.2, 0.25) is 5.15 Å². The van der Waals surface area contributed by atoms with E-state index in [1.807, 2.05) is 19.1 Å². The van der Waals surface area contributed by atoms with Crippen LogP contribution in [0.5, 0.6) is 0 Å². The molecule has 0 N–H and O–H groups in total. The minimum Gasteiger partial charge on any atom is -0.325 e. The van der Waals surface area contributed by atoms with E-state index in [0.717, 1.165) is 27.9 Å². The molecule has 2 aromatic rings. The highest BCUT2D eigenvalue weighted by molar-refractivity contribution is 6.34. The normalized spacial score (nSPS) is 11.3. The summed E-state index contributed by atoms with van der Waals surface area (Å²) in [6.07, 6.45) is 7.03. The van der Waals surface area contributed by atoms with Gasteiger partial charge in [-0.05, 0) is 25.0 Å². The summed E-state index contributed by atoms with van der Waals surface area (Å²) in [5.74, 6) is 0. The lowest BCUT2D eigenvalue weighted by Crippen LogP contribution is -2.02. The zero-order chi connectivity index (χ0) is 14.0. The van der Waals surface area contributed by atoms with Crippen LogP contribution < -0.4 is 0 Å². The molecular formula is C15H16ClN3. The van der Waals surface area contributed by atoms with Gasteiger partial charge in [-0.25, -0.2) is 9.97 Å². The molecule has 2 heterocycles. The summed E-state index contributed by atoms with van der Waals surface area (Å²) in [7, 11) is 0. The van der Waals surface area contributed by atoms with Crippen molar-refractivity contribution in [2.75, 3.05) is 0 Å². The summed E-state index contributed by atoms with van der Waals surface area (Å²) in [5.41, 5.74) is 4.07. The minimum atomic E-state index is 0.497. The number of fused-ring (bicyclic) bond motifs is 1. The Kier molecular flexibility index (Phi) is 3.86. The van der Waals surface area contributed by atoms with E-state index in [4.69, 9.17) is 11.6 Å². The molecule has 0 bridgehead atoms. The number of aromatic nitrogens is 3. The van der Waals surface area contributed by atoms with Crippen molar-refractivity contribution in [2.45, 2.75) is 20.4 Å². The van der Waals surface area contributed by atoms with Crippen LogP contribution in [0.15, 0.2) is 43.3 Å². The Morgan fingerprint density at radius 1 is 1.42 bits per heavy atom. The number of halogens is 1. The molecule has 0 atom stereocenters. The molecule has 0 aliphatic rings. The topological polar surface area (TPSA) is 30.7 Å². The Labute approximate surface area is 117 Å². The van der Waals surface area contributed by atoms with Crippen molar-refractivity contribution in [1.29, 1.82) is 0 Å². The van der Waals surface area contributed by atoms with Gasteiger partial charge in [0.05, 0.1) is 5.39 Å². The molecule has 19 heavy (non-hydrogen) atoms. The molecular weight excluding hydrogens is 258 g/mol. The second kappa shape index (κ2) is 5.41. The van der Waals surface area contributed by atoms with Crippen molar-refractivity contribution in [3.8, 4) is 0 Å². The van der Waals surface area contributed by atoms with E-state index < -0.39 is 0 Å². The van der Waals surface area contributed by atoms with Crippen molar-refractivity contribution in [2.24, 2.45) is 0 Å². The highest BCUT2D eigenvalue weighted by Gasteiger charge is 2.15. The summed E-state index contributed by atoms with van der Waals surface area (Å²) in [4.78, 5) is 8.38. The van der Waals surface area contributed by atoms with Gasteiger partial charge in [-0.1, -0.05) is 43.0 Å². The lowest BCUT2D eigenvalue weighted by Gasteiger charge is -2.07. The van der Waals surface area contributed by atoms with Crippen molar-refractivity contribution in [3.05, 3.63) is 59.7 Å².